The Labute approximate surface area is 200 Å². The number of rotatable bonds is 10. The van der Waals surface area contributed by atoms with Crippen molar-refractivity contribution in [3.8, 4) is 23.0 Å². The van der Waals surface area contributed by atoms with Crippen LogP contribution in [0.15, 0.2) is 36.4 Å². The highest BCUT2D eigenvalue weighted by atomic mass is 32.2. The molecule has 0 fully saturated rings. The molecular formula is C24H30N2O7S. The topological polar surface area (TPSA) is 103 Å². The van der Waals surface area contributed by atoms with Crippen LogP contribution in [0.2, 0.25) is 0 Å². The van der Waals surface area contributed by atoms with Gasteiger partial charge in [0.15, 0.2) is 11.5 Å². The van der Waals surface area contributed by atoms with Gasteiger partial charge in [-0.1, -0.05) is 6.07 Å². The highest BCUT2D eigenvalue weighted by molar-refractivity contribution is 7.89. The Morgan fingerprint density at radius 3 is 2.32 bits per heavy atom. The summed E-state index contributed by atoms with van der Waals surface area (Å²) in [5.74, 6) is 1.57. The van der Waals surface area contributed by atoms with Crippen LogP contribution in [-0.2, 0) is 27.8 Å². The second kappa shape index (κ2) is 11.3. The number of methoxy groups -OCH3 is 4. The van der Waals surface area contributed by atoms with E-state index in [4.69, 9.17) is 18.9 Å². The minimum Gasteiger partial charge on any atom is -0.497 e. The number of benzene rings is 2. The third kappa shape index (κ3) is 6.00. The number of hydrogen-bond acceptors (Lipinski definition) is 7. The minimum atomic E-state index is -3.51. The van der Waals surface area contributed by atoms with Crippen molar-refractivity contribution >= 4 is 22.0 Å². The number of carbonyl (C=O) groups excluding carboxylic acids is 1. The summed E-state index contributed by atoms with van der Waals surface area (Å²) >= 11 is 0. The molecular weight excluding hydrogens is 460 g/mol. The largest absolute Gasteiger partial charge is 0.497 e. The van der Waals surface area contributed by atoms with Gasteiger partial charge in [0.1, 0.15) is 5.75 Å². The number of sulfonamides is 1. The Hall–Kier alpha value is -3.24. The molecule has 0 unspecified atom stereocenters. The van der Waals surface area contributed by atoms with Gasteiger partial charge in [0.05, 0.1) is 34.2 Å². The molecule has 2 aromatic carbocycles. The summed E-state index contributed by atoms with van der Waals surface area (Å²) in [5, 5.41) is 2.63. The SMILES string of the molecule is COc1ccc2c(c1)CCN(S(=O)(=O)CCNC(=O)/C=C/c1cc(OC)c(OC)c(OC)c1)C2. The summed E-state index contributed by atoms with van der Waals surface area (Å²) in [7, 11) is 2.62. The number of fused-ring (bicyclic) bond motifs is 1. The van der Waals surface area contributed by atoms with Gasteiger partial charge in [-0.2, -0.15) is 4.31 Å². The molecule has 184 valence electrons. The van der Waals surface area contributed by atoms with Gasteiger partial charge < -0.3 is 24.3 Å². The van der Waals surface area contributed by atoms with Crippen LogP contribution >= 0.6 is 0 Å². The smallest absolute Gasteiger partial charge is 0.244 e. The summed E-state index contributed by atoms with van der Waals surface area (Å²) < 4.78 is 48.1. The van der Waals surface area contributed by atoms with Crippen LogP contribution in [0.1, 0.15) is 16.7 Å². The predicted octanol–water partition coefficient (Wildman–Crippen LogP) is 2.24. The number of hydrogen-bond donors (Lipinski definition) is 1. The van der Waals surface area contributed by atoms with Crippen molar-refractivity contribution in [3.63, 3.8) is 0 Å². The lowest BCUT2D eigenvalue weighted by Gasteiger charge is -2.28. The van der Waals surface area contributed by atoms with Gasteiger partial charge in [-0.3, -0.25) is 4.79 Å². The molecule has 0 saturated carbocycles. The van der Waals surface area contributed by atoms with Gasteiger partial charge in [-0.05, 0) is 53.5 Å². The number of ether oxygens (including phenoxy) is 4. The van der Waals surface area contributed by atoms with E-state index in [9.17, 15) is 13.2 Å². The van der Waals surface area contributed by atoms with E-state index in [0.717, 1.165) is 16.9 Å². The zero-order chi connectivity index (χ0) is 24.7. The zero-order valence-corrected chi connectivity index (χ0v) is 20.6. The molecule has 9 nitrogen and oxygen atoms in total. The van der Waals surface area contributed by atoms with Crippen molar-refractivity contribution in [2.45, 2.75) is 13.0 Å². The van der Waals surface area contributed by atoms with Gasteiger partial charge >= 0.3 is 0 Å². The first-order valence-electron chi connectivity index (χ1n) is 10.7. The highest BCUT2D eigenvalue weighted by Crippen LogP contribution is 2.38. The lowest BCUT2D eigenvalue weighted by Crippen LogP contribution is -2.40. The van der Waals surface area contributed by atoms with Crippen LogP contribution < -0.4 is 24.3 Å². The molecule has 10 heteroatoms. The summed E-state index contributed by atoms with van der Waals surface area (Å²) in [5.41, 5.74) is 2.73. The molecule has 0 atom stereocenters. The van der Waals surface area contributed by atoms with Crippen molar-refractivity contribution in [1.82, 2.24) is 9.62 Å². The van der Waals surface area contributed by atoms with Crippen molar-refractivity contribution < 1.29 is 32.2 Å². The van der Waals surface area contributed by atoms with Crippen LogP contribution in [0.5, 0.6) is 23.0 Å². The van der Waals surface area contributed by atoms with Crippen LogP contribution in [0.4, 0.5) is 0 Å². The summed E-state index contributed by atoms with van der Waals surface area (Å²) in [6.07, 6.45) is 3.54. The van der Waals surface area contributed by atoms with Crippen LogP contribution in [-0.4, -0.2) is 65.9 Å². The lowest BCUT2D eigenvalue weighted by atomic mass is 10.0. The van der Waals surface area contributed by atoms with Gasteiger partial charge in [0, 0.05) is 25.7 Å². The van der Waals surface area contributed by atoms with Gasteiger partial charge in [-0.15, -0.1) is 0 Å². The summed E-state index contributed by atoms with van der Waals surface area (Å²) in [6.45, 7) is 0.723. The normalized spacial score (nSPS) is 13.9. The molecule has 2 aromatic rings. The molecule has 1 aliphatic heterocycles. The number of nitrogens with one attached hydrogen (secondary N) is 1. The van der Waals surface area contributed by atoms with E-state index in [2.05, 4.69) is 5.32 Å². The first kappa shape index (κ1) is 25.4. The Kier molecular flexibility index (Phi) is 8.41. The lowest BCUT2D eigenvalue weighted by molar-refractivity contribution is -0.116. The van der Waals surface area contributed by atoms with Crippen LogP contribution in [0, 0.1) is 0 Å². The third-order valence-electron chi connectivity index (χ3n) is 5.56. The van der Waals surface area contributed by atoms with Crippen LogP contribution in [0.25, 0.3) is 6.08 Å². The maximum atomic E-state index is 12.8. The number of nitrogens with zero attached hydrogens (tertiary/aromatic N) is 1. The summed E-state index contributed by atoms with van der Waals surface area (Å²) in [4.78, 5) is 12.2. The fourth-order valence-electron chi connectivity index (χ4n) is 3.73. The Bertz CT molecular complexity index is 1140. The van der Waals surface area contributed by atoms with Crippen molar-refractivity contribution in [2.75, 3.05) is 47.3 Å². The average Bonchev–Trinajstić information content (AvgIpc) is 2.85. The molecule has 0 saturated heterocycles. The standard InChI is InChI=1S/C24H30N2O7S/c1-30-20-7-6-19-16-26(11-9-18(19)15-20)34(28,29)12-10-25-23(27)8-5-17-13-21(31-2)24(33-4)22(14-17)32-3/h5-8,13-15H,9-12,16H2,1-4H3,(H,25,27)/b8-5+. The van der Waals surface area contributed by atoms with E-state index in [1.807, 2.05) is 18.2 Å². The van der Waals surface area contributed by atoms with E-state index in [-0.39, 0.29) is 12.3 Å². The van der Waals surface area contributed by atoms with E-state index >= 15 is 0 Å². The number of amides is 1. The second-order valence-electron chi connectivity index (χ2n) is 7.62. The molecule has 1 N–H and O–H groups in total. The van der Waals surface area contributed by atoms with E-state index < -0.39 is 15.9 Å². The first-order chi connectivity index (χ1) is 16.3. The molecule has 3 rings (SSSR count). The van der Waals surface area contributed by atoms with Crippen molar-refractivity contribution in [2.24, 2.45) is 0 Å². The minimum absolute atomic E-state index is 0.00668. The molecule has 0 aliphatic carbocycles. The quantitative estimate of drug-likeness (QED) is 0.510. The highest BCUT2D eigenvalue weighted by Gasteiger charge is 2.26. The molecule has 1 amide bonds. The Morgan fingerprint density at radius 2 is 1.71 bits per heavy atom. The van der Waals surface area contributed by atoms with Crippen molar-refractivity contribution in [3.05, 3.63) is 53.1 Å². The maximum Gasteiger partial charge on any atom is 0.244 e. The average molecular weight is 491 g/mol. The Morgan fingerprint density at radius 1 is 1.00 bits per heavy atom. The van der Waals surface area contributed by atoms with E-state index in [1.54, 1.807) is 25.3 Å². The zero-order valence-electron chi connectivity index (χ0n) is 19.8. The fourth-order valence-corrected chi connectivity index (χ4v) is 5.05. The van der Waals surface area contributed by atoms with E-state index in [1.165, 1.54) is 31.7 Å². The molecule has 0 bridgehead atoms. The maximum absolute atomic E-state index is 12.8. The van der Waals surface area contributed by atoms with Gasteiger partial charge in [0.2, 0.25) is 21.7 Å². The fraction of sp³-hybridized carbons (Fsp3) is 0.375. The third-order valence-corrected chi connectivity index (χ3v) is 7.38. The molecule has 1 heterocycles. The van der Waals surface area contributed by atoms with Crippen LogP contribution in [0.3, 0.4) is 0 Å². The molecule has 0 spiro atoms. The molecule has 0 radical (unpaired) electrons. The molecule has 0 aromatic heterocycles. The first-order valence-corrected chi connectivity index (χ1v) is 12.3. The van der Waals surface area contributed by atoms with Gasteiger partial charge in [-0.25, -0.2) is 8.42 Å². The molecule has 1 aliphatic rings. The van der Waals surface area contributed by atoms with Crippen molar-refractivity contribution in [1.29, 1.82) is 0 Å². The monoisotopic (exact) mass is 490 g/mol. The Balaban J connectivity index is 1.56. The second-order valence-corrected chi connectivity index (χ2v) is 9.71. The van der Waals surface area contributed by atoms with E-state index in [0.29, 0.717) is 42.3 Å². The predicted molar refractivity (Wildman–Crippen MR) is 129 cm³/mol. The molecule has 34 heavy (non-hydrogen) atoms. The number of carbonyl (C=O) groups is 1. The summed E-state index contributed by atoms with van der Waals surface area (Å²) in [6, 6.07) is 9.08. The van der Waals surface area contributed by atoms with Gasteiger partial charge in [0.25, 0.3) is 0 Å².